The average molecular weight is 583 g/mol. The summed E-state index contributed by atoms with van der Waals surface area (Å²) in [4.78, 5) is 47.1. The third kappa shape index (κ3) is 5.27. The quantitative estimate of drug-likeness (QED) is 0.281. The third-order valence-corrected chi connectivity index (χ3v) is 7.95. The van der Waals surface area contributed by atoms with Gasteiger partial charge in [-0.3, -0.25) is 9.80 Å². The molecule has 6 rings (SSSR count). The summed E-state index contributed by atoms with van der Waals surface area (Å²) in [6.45, 7) is -0.00508. The maximum absolute atomic E-state index is 14.3. The number of rotatable bonds is 5. The zero-order valence-electron chi connectivity index (χ0n) is 23.0. The van der Waals surface area contributed by atoms with Crippen LogP contribution in [0.1, 0.15) is 12.8 Å². The van der Waals surface area contributed by atoms with Gasteiger partial charge in [-0.05, 0) is 85.6 Å². The second kappa shape index (κ2) is 11.6. The van der Waals surface area contributed by atoms with E-state index in [1.165, 1.54) is 68.1 Å². The summed E-state index contributed by atoms with van der Waals surface area (Å²) in [6.07, 6.45) is 0.857. The molecule has 3 atom stereocenters. The summed E-state index contributed by atoms with van der Waals surface area (Å²) in [6, 6.07) is 24.9. The van der Waals surface area contributed by atoms with Crippen LogP contribution in [0, 0.1) is 11.6 Å². The van der Waals surface area contributed by atoms with Gasteiger partial charge in [0.05, 0.1) is 34.8 Å². The van der Waals surface area contributed by atoms with E-state index >= 15 is 0 Å². The van der Waals surface area contributed by atoms with Gasteiger partial charge < -0.3 is 14.9 Å². The molecule has 0 aromatic heterocycles. The zero-order chi connectivity index (χ0) is 30.1. The Morgan fingerprint density at radius 2 is 1.07 bits per heavy atom. The lowest BCUT2D eigenvalue weighted by molar-refractivity contribution is -0.145. The fourth-order valence-corrected chi connectivity index (χ4v) is 6.06. The lowest BCUT2D eigenvalue weighted by Gasteiger charge is -2.47. The largest absolute Gasteiger partial charge is 0.480 e. The normalized spacial score (nSPS) is 19.2. The highest BCUT2D eigenvalue weighted by atomic mass is 19.1. The van der Waals surface area contributed by atoms with Gasteiger partial charge in [0.2, 0.25) is 0 Å². The molecule has 0 spiro atoms. The number of carboxylic acids is 1. The Labute approximate surface area is 247 Å². The molecular weight excluding hydrogens is 554 g/mol. The number of aliphatic carboxylic acids is 1. The number of benzene rings is 4. The van der Waals surface area contributed by atoms with Crippen LogP contribution in [0.15, 0.2) is 109 Å². The van der Waals surface area contributed by atoms with Crippen molar-refractivity contribution in [3.05, 3.63) is 121 Å². The van der Waals surface area contributed by atoms with Crippen LogP contribution in [0.2, 0.25) is 0 Å². The van der Waals surface area contributed by atoms with E-state index in [0.29, 0.717) is 35.6 Å². The van der Waals surface area contributed by atoms with E-state index < -0.39 is 47.8 Å². The number of anilines is 4. The zero-order valence-corrected chi connectivity index (χ0v) is 23.0. The molecule has 1 N–H and O–H groups in total. The molecule has 2 bridgehead atoms. The van der Waals surface area contributed by atoms with E-state index in [1.54, 1.807) is 48.5 Å². The lowest BCUT2D eigenvalue weighted by Crippen LogP contribution is -2.67. The first-order valence-electron chi connectivity index (χ1n) is 13.9. The van der Waals surface area contributed by atoms with Crippen molar-refractivity contribution in [1.29, 1.82) is 0 Å². The number of halogens is 2. The van der Waals surface area contributed by atoms with Crippen LogP contribution in [0.5, 0.6) is 0 Å². The molecule has 10 heteroatoms. The number of nitrogens with zero attached hydrogens (tertiary/aromatic N) is 4. The molecular formula is C33H28F2N4O4. The fraction of sp³-hybridized carbons (Fsp3) is 0.182. The number of piperazine rings is 1. The van der Waals surface area contributed by atoms with Crippen LogP contribution in [0.3, 0.4) is 0 Å². The first-order valence-corrected chi connectivity index (χ1v) is 13.9. The van der Waals surface area contributed by atoms with Crippen molar-refractivity contribution in [3.8, 4) is 0 Å². The predicted molar refractivity (Wildman–Crippen MR) is 158 cm³/mol. The van der Waals surface area contributed by atoms with Gasteiger partial charge in [-0.15, -0.1) is 0 Å². The van der Waals surface area contributed by atoms with Gasteiger partial charge in [0.15, 0.2) is 6.04 Å². The van der Waals surface area contributed by atoms with Gasteiger partial charge in [0, 0.05) is 6.54 Å². The first-order chi connectivity index (χ1) is 20.8. The van der Waals surface area contributed by atoms with E-state index in [2.05, 4.69) is 0 Å². The van der Waals surface area contributed by atoms with Gasteiger partial charge in [-0.2, -0.15) is 0 Å². The number of fused-ring (bicyclic) bond motifs is 2. The molecule has 0 aliphatic carbocycles. The maximum atomic E-state index is 14.3. The number of carbonyl (C=O) groups is 3. The summed E-state index contributed by atoms with van der Waals surface area (Å²) in [5, 5.41) is 10.5. The van der Waals surface area contributed by atoms with Crippen molar-refractivity contribution in [1.82, 2.24) is 9.80 Å². The number of carboxylic acid groups (broad SMARTS) is 1. The van der Waals surface area contributed by atoms with E-state index in [4.69, 9.17) is 0 Å². The Balaban J connectivity index is 1.37. The van der Waals surface area contributed by atoms with E-state index in [1.807, 2.05) is 12.1 Å². The van der Waals surface area contributed by atoms with Crippen LogP contribution in [0.25, 0.3) is 0 Å². The monoisotopic (exact) mass is 582 g/mol. The molecule has 8 nitrogen and oxygen atoms in total. The molecule has 2 aliphatic rings. The van der Waals surface area contributed by atoms with Crippen LogP contribution in [-0.2, 0) is 4.79 Å². The Morgan fingerprint density at radius 1 is 0.628 bits per heavy atom. The topological polar surface area (TPSA) is 84.4 Å². The minimum Gasteiger partial charge on any atom is -0.480 e. The molecule has 2 fully saturated rings. The molecule has 4 amide bonds. The van der Waals surface area contributed by atoms with Crippen molar-refractivity contribution in [3.63, 3.8) is 0 Å². The average Bonchev–Trinajstić information content (AvgIpc) is 3.32. The summed E-state index contributed by atoms with van der Waals surface area (Å²) >= 11 is 0. The van der Waals surface area contributed by atoms with Gasteiger partial charge in [0.25, 0.3) is 0 Å². The SMILES string of the molecule is O=C(O)[C@@H]1[C@H]2CC[C@@H](CN1C(=O)N(c1ccccc1)c1ccccc1)N2C(=O)N(c1ccc(F)cc1)c1ccc(F)cc1. The Hall–Kier alpha value is -5.25. The molecule has 2 aliphatic heterocycles. The number of likely N-dealkylation sites (tertiary alicyclic amines) is 1. The van der Waals surface area contributed by atoms with Crippen LogP contribution in [-0.4, -0.2) is 57.6 Å². The highest BCUT2D eigenvalue weighted by Gasteiger charge is 2.54. The van der Waals surface area contributed by atoms with E-state index in [9.17, 15) is 28.3 Å². The molecule has 2 saturated heterocycles. The predicted octanol–water partition coefficient (Wildman–Crippen LogP) is 6.78. The summed E-state index contributed by atoms with van der Waals surface area (Å²) in [5.74, 6) is -2.21. The van der Waals surface area contributed by atoms with Gasteiger partial charge in [-0.25, -0.2) is 23.2 Å². The summed E-state index contributed by atoms with van der Waals surface area (Å²) < 4.78 is 27.6. The van der Waals surface area contributed by atoms with E-state index in [-0.39, 0.29) is 6.54 Å². The number of carbonyl (C=O) groups excluding carboxylic acids is 2. The van der Waals surface area contributed by atoms with Crippen molar-refractivity contribution in [2.45, 2.75) is 31.0 Å². The van der Waals surface area contributed by atoms with Gasteiger partial charge in [0.1, 0.15) is 11.6 Å². The Bertz CT molecular complexity index is 1540. The van der Waals surface area contributed by atoms with Crippen LogP contribution < -0.4 is 9.80 Å². The minimum atomic E-state index is -1.33. The van der Waals surface area contributed by atoms with Gasteiger partial charge >= 0.3 is 18.0 Å². The van der Waals surface area contributed by atoms with Crippen molar-refractivity contribution in [2.75, 3.05) is 16.3 Å². The number of hydrogen-bond donors (Lipinski definition) is 1. The smallest absolute Gasteiger partial charge is 0.329 e. The van der Waals surface area contributed by atoms with Crippen molar-refractivity contribution in [2.24, 2.45) is 0 Å². The third-order valence-electron chi connectivity index (χ3n) is 7.95. The Morgan fingerprint density at radius 3 is 1.53 bits per heavy atom. The minimum absolute atomic E-state index is 0.00508. The molecule has 2 heterocycles. The molecule has 0 radical (unpaired) electrons. The lowest BCUT2D eigenvalue weighted by atomic mass is 10.0. The van der Waals surface area contributed by atoms with Crippen molar-refractivity contribution >= 4 is 40.8 Å². The van der Waals surface area contributed by atoms with Crippen molar-refractivity contribution < 1.29 is 28.3 Å². The highest BCUT2D eigenvalue weighted by Crippen LogP contribution is 2.39. The van der Waals surface area contributed by atoms with Crippen LogP contribution >= 0.6 is 0 Å². The molecule has 4 aromatic carbocycles. The maximum Gasteiger partial charge on any atom is 0.329 e. The van der Waals surface area contributed by atoms with E-state index in [0.717, 1.165) is 0 Å². The summed E-state index contributed by atoms with van der Waals surface area (Å²) in [5.41, 5.74) is 1.82. The number of amides is 4. The number of urea groups is 2. The molecule has 0 saturated carbocycles. The molecule has 4 aromatic rings. The first kappa shape index (κ1) is 27.9. The van der Waals surface area contributed by atoms with Gasteiger partial charge in [-0.1, -0.05) is 36.4 Å². The highest BCUT2D eigenvalue weighted by molar-refractivity contribution is 6.03. The number of hydrogen-bond acceptors (Lipinski definition) is 3. The molecule has 43 heavy (non-hydrogen) atoms. The number of para-hydroxylation sites is 2. The fourth-order valence-electron chi connectivity index (χ4n) is 6.06. The Kier molecular flexibility index (Phi) is 7.50. The second-order valence-corrected chi connectivity index (χ2v) is 10.5. The second-order valence-electron chi connectivity index (χ2n) is 10.5. The summed E-state index contributed by atoms with van der Waals surface area (Å²) in [7, 11) is 0. The van der Waals surface area contributed by atoms with Crippen LogP contribution in [0.4, 0.5) is 41.1 Å². The molecule has 0 unspecified atom stereocenters. The standard InChI is InChI=1S/C33H28F2N4O4/c34-22-11-15-26(16-12-22)38(27-17-13-23(35)14-18-27)33(43)39-28-19-20-29(39)30(31(40)41)36(21-28)32(42)37(24-7-3-1-4-8-24)25-9-5-2-6-10-25/h1-18,28-30H,19-21H2,(H,40,41)/t28-,29+,30-/m0/s1. The molecule has 218 valence electrons.